The van der Waals surface area contributed by atoms with Crippen molar-refractivity contribution in [3.63, 3.8) is 0 Å². The largest absolute Gasteiger partial charge is 0.496 e. The van der Waals surface area contributed by atoms with Crippen LogP contribution in [-0.2, 0) is 18.6 Å². The van der Waals surface area contributed by atoms with Gasteiger partial charge in [-0.3, -0.25) is 9.69 Å². The molecular formula is C28H36N6O2. The number of aryl methyl sites for hydroxylation is 1. The van der Waals surface area contributed by atoms with Gasteiger partial charge in [-0.15, -0.1) is 5.10 Å². The molecule has 0 aliphatic carbocycles. The zero-order valence-corrected chi connectivity index (χ0v) is 22.1. The maximum absolute atomic E-state index is 13.2. The molecule has 1 N–H and O–H groups in total. The molecule has 4 aromatic rings. The highest BCUT2D eigenvalue weighted by Gasteiger charge is 2.30. The van der Waals surface area contributed by atoms with Crippen molar-refractivity contribution >= 4 is 10.9 Å². The molecule has 1 atom stereocenters. The van der Waals surface area contributed by atoms with E-state index >= 15 is 0 Å². The first-order valence-electron chi connectivity index (χ1n) is 12.5. The Hall–Kier alpha value is -3.52. The quantitative estimate of drug-likeness (QED) is 0.351. The van der Waals surface area contributed by atoms with Crippen molar-refractivity contribution in [2.24, 2.45) is 0 Å². The first-order valence-corrected chi connectivity index (χ1v) is 12.5. The number of methoxy groups -OCH3 is 1. The number of tetrazole rings is 1. The van der Waals surface area contributed by atoms with Crippen LogP contribution in [0.3, 0.4) is 0 Å². The van der Waals surface area contributed by atoms with Crippen LogP contribution in [0, 0.1) is 6.92 Å². The average molecular weight is 489 g/mol. The second-order valence-corrected chi connectivity index (χ2v) is 10.3. The van der Waals surface area contributed by atoms with E-state index in [1.165, 1.54) is 0 Å². The summed E-state index contributed by atoms with van der Waals surface area (Å²) in [6.45, 7) is 11.5. The van der Waals surface area contributed by atoms with E-state index in [1.807, 2.05) is 54.1 Å². The van der Waals surface area contributed by atoms with Crippen molar-refractivity contribution in [3.05, 3.63) is 81.4 Å². The molecule has 8 nitrogen and oxygen atoms in total. The van der Waals surface area contributed by atoms with E-state index in [0.29, 0.717) is 18.7 Å². The van der Waals surface area contributed by atoms with Crippen LogP contribution >= 0.6 is 0 Å². The number of fused-ring (bicyclic) bond motifs is 1. The molecule has 2 aromatic heterocycles. The van der Waals surface area contributed by atoms with Gasteiger partial charge in [0, 0.05) is 24.2 Å². The summed E-state index contributed by atoms with van der Waals surface area (Å²) in [5, 5.41) is 13.9. The molecule has 0 aliphatic heterocycles. The molecule has 0 saturated carbocycles. The smallest absolute Gasteiger partial charge is 0.252 e. The van der Waals surface area contributed by atoms with Crippen LogP contribution in [0.4, 0.5) is 0 Å². The van der Waals surface area contributed by atoms with Crippen molar-refractivity contribution < 1.29 is 4.74 Å². The van der Waals surface area contributed by atoms with E-state index in [1.54, 1.807) is 7.11 Å². The van der Waals surface area contributed by atoms with Crippen LogP contribution in [0.2, 0.25) is 0 Å². The molecule has 2 aromatic carbocycles. The van der Waals surface area contributed by atoms with E-state index in [4.69, 9.17) is 4.74 Å². The number of ether oxygens (including phenoxy) is 1. The minimum atomic E-state index is -0.279. The molecule has 0 amide bonds. The number of nitrogens with one attached hydrogen (secondary N) is 1. The SMILES string of the molecule is CCC[C@H](c1nnnn1C(C)(C)C)N(Cc1ccccc1OC)Cc1cc2cccc(C)c2[nH]c1=O. The van der Waals surface area contributed by atoms with Gasteiger partial charge in [-0.2, -0.15) is 0 Å². The standard InChI is InChI=1S/C28H36N6O2/c1-7-11-23(26-30-31-32-34(26)28(3,4)5)33(17-21-13-8-9-15-24(21)36-6)18-22-16-20-14-10-12-19(2)25(20)29-27(22)35/h8-10,12-16,23H,7,11,17-18H2,1-6H3,(H,29,35)/t23-/m1/s1. The average Bonchev–Trinajstić information content (AvgIpc) is 3.34. The molecule has 36 heavy (non-hydrogen) atoms. The van der Waals surface area contributed by atoms with E-state index in [2.05, 4.69) is 59.2 Å². The molecule has 0 saturated heterocycles. The van der Waals surface area contributed by atoms with Crippen LogP contribution in [0.15, 0.2) is 53.3 Å². The fourth-order valence-electron chi connectivity index (χ4n) is 4.72. The Labute approximate surface area is 212 Å². The molecule has 8 heteroatoms. The van der Waals surface area contributed by atoms with Gasteiger partial charge in [0.05, 0.1) is 24.2 Å². The Bertz CT molecular complexity index is 1380. The molecule has 0 bridgehead atoms. The zero-order valence-electron chi connectivity index (χ0n) is 22.1. The maximum atomic E-state index is 13.2. The third kappa shape index (κ3) is 5.33. The number of aromatic amines is 1. The number of hydrogen-bond acceptors (Lipinski definition) is 6. The van der Waals surface area contributed by atoms with Gasteiger partial charge in [-0.05, 0) is 67.6 Å². The van der Waals surface area contributed by atoms with Crippen LogP contribution < -0.4 is 10.3 Å². The highest BCUT2D eigenvalue weighted by atomic mass is 16.5. The Morgan fingerprint density at radius 2 is 1.83 bits per heavy atom. The van der Waals surface area contributed by atoms with Gasteiger partial charge >= 0.3 is 0 Å². The van der Waals surface area contributed by atoms with Gasteiger partial charge in [0.15, 0.2) is 5.82 Å². The van der Waals surface area contributed by atoms with Gasteiger partial charge in [-0.25, -0.2) is 4.68 Å². The number of hydrogen-bond donors (Lipinski definition) is 1. The van der Waals surface area contributed by atoms with Crippen LogP contribution in [-0.4, -0.2) is 37.2 Å². The first kappa shape index (κ1) is 25.6. The van der Waals surface area contributed by atoms with Crippen molar-refractivity contribution in [1.29, 1.82) is 0 Å². The molecular weight excluding hydrogens is 452 g/mol. The second-order valence-electron chi connectivity index (χ2n) is 10.3. The van der Waals surface area contributed by atoms with Crippen molar-refractivity contribution in [1.82, 2.24) is 30.1 Å². The lowest BCUT2D eigenvalue weighted by Gasteiger charge is -2.33. The number of aromatic nitrogens is 5. The molecule has 2 heterocycles. The first-order chi connectivity index (χ1) is 17.2. The summed E-state index contributed by atoms with van der Waals surface area (Å²) in [7, 11) is 1.68. The summed E-state index contributed by atoms with van der Waals surface area (Å²) in [4.78, 5) is 18.6. The van der Waals surface area contributed by atoms with Crippen molar-refractivity contribution in [3.8, 4) is 5.75 Å². The molecule has 0 radical (unpaired) electrons. The molecule has 0 fully saturated rings. The van der Waals surface area contributed by atoms with E-state index in [-0.39, 0.29) is 17.1 Å². The Morgan fingerprint density at radius 3 is 2.56 bits per heavy atom. The third-order valence-electron chi connectivity index (χ3n) is 6.53. The van der Waals surface area contributed by atoms with Gasteiger partial charge in [-0.1, -0.05) is 49.7 Å². The zero-order chi connectivity index (χ0) is 25.9. The summed E-state index contributed by atoms with van der Waals surface area (Å²) >= 11 is 0. The monoisotopic (exact) mass is 488 g/mol. The van der Waals surface area contributed by atoms with Gasteiger partial charge < -0.3 is 9.72 Å². The summed E-state index contributed by atoms with van der Waals surface area (Å²) in [5.74, 6) is 1.61. The minimum absolute atomic E-state index is 0.0764. The molecule has 0 unspecified atom stereocenters. The van der Waals surface area contributed by atoms with Crippen molar-refractivity contribution in [2.45, 2.75) is 72.1 Å². The predicted molar refractivity (Wildman–Crippen MR) is 142 cm³/mol. The topological polar surface area (TPSA) is 88.9 Å². The molecule has 0 aliphatic rings. The summed E-state index contributed by atoms with van der Waals surface area (Å²) < 4.78 is 7.56. The number of benzene rings is 2. The van der Waals surface area contributed by atoms with Gasteiger partial charge in [0.25, 0.3) is 5.56 Å². The fourth-order valence-corrected chi connectivity index (χ4v) is 4.72. The van der Waals surface area contributed by atoms with Gasteiger partial charge in [0.1, 0.15) is 5.75 Å². The summed E-state index contributed by atoms with van der Waals surface area (Å²) in [6, 6.07) is 16.0. The minimum Gasteiger partial charge on any atom is -0.496 e. The van der Waals surface area contributed by atoms with E-state index in [0.717, 1.165) is 46.4 Å². The normalized spacial score (nSPS) is 12.9. The van der Waals surface area contributed by atoms with Crippen molar-refractivity contribution in [2.75, 3.05) is 7.11 Å². The lowest BCUT2D eigenvalue weighted by Crippen LogP contribution is -2.35. The lowest BCUT2D eigenvalue weighted by molar-refractivity contribution is 0.147. The number of rotatable bonds is 9. The number of H-pyrrole nitrogens is 1. The highest BCUT2D eigenvalue weighted by Crippen LogP contribution is 2.32. The summed E-state index contributed by atoms with van der Waals surface area (Å²) in [5.41, 5.74) is 3.33. The molecule has 190 valence electrons. The Kier molecular flexibility index (Phi) is 7.54. The van der Waals surface area contributed by atoms with E-state index in [9.17, 15) is 4.79 Å². The molecule has 0 spiro atoms. The van der Waals surface area contributed by atoms with Crippen LogP contribution in [0.25, 0.3) is 10.9 Å². The second kappa shape index (κ2) is 10.6. The van der Waals surface area contributed by atoms with Crippen LogP contribution in [0.5, 0.6) is 5.75 Å². The Morgan fingerprint density at radius 1 is 1.08 bits per heavy atom. The highest BCUT2D eigenvalue weighted by molar-refractivity contribution is 5.81. The summed E-state index contributed by atoms with van der Waals surface area (Å²) in [6.07, 6.45) is 1.79. The number of pyridine rings is 1. The number of nitrogens with zero attached hydrogens (tertiary/aromatic N) is 5. The van der Waals surface area contributed by atoms with Crippen LogP contribution in [0.1, 0.15) is 69.1 Å². The fraction of sp³-hybridized carbons (Fsp3) is 0.429. The Balaban J connectivity index is 1.82. The molecule has 4 rings (SSSR count). The number of para-hydroxylation sites is 2. The van der Waals surface area contributed by atoms with Gasteiger partial charge in [0.2, 0.25) is 0 Å². The van der Waals surface area contributed by atoms with E-state index < -0.39 is 0 Å². The lowest BCUT2D eigenvalue weighted by atomic mass is 10.0. The third-order valence-corrected chi connectivity index (χ3v) is 6.53. The maximum Gasteiger partial charge on any atom is 0.252 e. The predicted octanol–water partition coefficient (Wildman–Crippen LogP) is 5.13.